The first-order valence-corrected chi connectivity index (χ1v) is 7.23. The van der Waals surface area contributed by atoms with E-state index < -0.39 is 0 Å². The van der Waals surface area contributed by atoms with Crippen molar-refractivity contribution in [2.45, 2.75) is 26.8 Å². The lowest BCUT2D eigenvalue weighted by Gasteiger charge is -2.10. The molecule has 0 aromatic heterocycles. The number of benzene rings is 2. The third kappa shape index (κ3) is 4.48. The number of methoxy groups -OCH3 is 1. The van der Waals surface area contributed by atoms with E-state index in [2.05, 4.69) is 43.4 Å². The van der Waals surface area contributed by atoms with Crippen molar-refractivity contribution in [3.63, 3.8) is 0 Å². The van der Waals surface area contributed by atoms with Gasteiger partial charge in [-0.2, -0.15) is 0 Å². The van der Waals surface area contributed by atoms with Crippen molar-refractivity contribution in [2.24, 2.45) is 5.92 Å². The molecule has 2 aromatic rings. The number of hydrogen-bond acceptors (Lipinski definition) is 2. The Labute approximate surface area is 126 Å². The lowest BCUT2D eigenvalue weighted by molar-refractivity contribution is 0.386. The van der Waals surface area contributed by atoms with Gasteiger partial charge in [0, 0.05) is 18.3 Å². The average Bonchev–Trinajstić information content (AvgIpc) is 2.46. The third-order valence-electron chi connectivity index (χ3n) is 3.32. The average molecular weight is 287 g/mol. The predicted molar refractivity (Wildman–Crippen MR) is 85.3 cm³/mol. The summed E-state index contributed by atoms with van der Waals surface area (Å²) < 4.78 is 18.5. The van der Waals surface area contributed by atoms with Gasteiger partial charge in [-0.1, -0.05) is 38.1 Å². The Balaban J connectivity index is 1.95. The number of ether oxygens (including phenoxy) is 1. The van der Waals surface area contributed by atoms with E-state index in [-0.39, 0.29) is 11.6 Å². The molecular weight excluding hydrogens is 265 g/mol. The molecule has 1 N–H and O–H groups in total. The Morgan fingerprint density at radius 3 is 2.29 bits per heavy atom. The van der Waals surface area contributed by atoms with Gasteiger partial charge in [-0.25, -0.2) is 4.39 Å². The lowest BCUT2D eigenvalue weighted by atomic mass is 10.0. The second-order valence-corrected chi connectivity index (χ2v) is 5.62. The summed E-state index contributed by atoms with van der Waals surface area (Å²) in [6.07, 6.45) is 1.09. The quantitative estimate of drug-likeness (QED) is 0.835. The van der Waals surface area contributed by atoms with Crippen LogP contribution in [0.15, 0.2) is 42.5 Å². The van der Waals surface area contributed by atoms with Crippen LogP contribution in [0.3, 0.4) is 0 Å². The Kier molecular flexibility index (Phi) is 5.20. The van der Waals surface area contributed by atoms with Gasteiger partial charge in [0.1, 0.15) is 0 Å². The zero-order valence-electron chi connectivity index (χ0n) is 12.8. The van der Waals surface area contributed by atoms with Gasteiger partial charge in [-0.05, 0) is 35.6 Å². The molecule has 2 aromatic carbocycles. The largest absolute Gasteiger partial charge is 0.494 e. The smallest absolute Gasteiger partial charge is 0.167 e. The van der Waals surface area contributed by atoms with E-state index in [1.165, 1.54) is 24.3 Å². The van der Waals surface area contributed by atoms with Crippen LogP contribution in [-0.4, -0.2) is 7.11 Å². The van der Waals surface area contributed by atoms with Crippen LogP contribution in [0.4, 0.5) is 10.1 Å². The highest BCUT2D eigenvalue weighted by Gasteiger charge is 2.03. The van der Waals surface area contributed by atoms with Gasteiger partial charge >= 0.3 is 0 Å². The van der Waals surface area contributed by atoms with E-state index in [1.807, 2.05) is 6.07 Å². The maximum absolute atomic E-state index is 13.6. The summed E-state index contributed by atoms with van der Waals surface area (Å²) in [5, 5.41) is 3.22. The Bertz CT molecular complexity index is 578. The van der Waals surface area contributed by atoms with Gasteiger partial charge in [-0.3, -0.25) is 0 Å². The topological polar surface area (TPSA) is 21.3 Å². The molecule has 0 saturated carbocycles. The van der Waals surface area contributed by atoms with Crippen molar-refractivity contribution < 1.29 is 9.13 Å². The molecule has 0 aliphatic rings. The van der Waals surface area contributed by atoms with Crippen LogP contribution in [0.5, 0.6) is 5.75 Å². The second-order valence-electron chi connectivity index (χ2n) is 5.62. The molecule has 0 fully saturated rings. The van der Waals surface area contributed by atoms with E-state index >= 15 is 0 Å². The number of rotatable bonds is 6. The summed E-state index contributed by atoms with van der Waals surface area (Å²) in [5.74, 6) is 0.574. The molecule has 0 aliphatic carbocycles. The van der Waals surface area contributed by atoms with E-state index in [1.54, 1.807) is 6.07 Å². The Morgan fingerprint density at radius 2 is 1.71 bits per heavy atom. The van der Waals surface area contributed by atoms with E-state index in [4.69, 9.17) is 4.74 Å². The maximum Gasteiger partial charge on any atom is 0.167 e. The van der Waals surface area contributed by atoms with Crippen LogP contribution >= 0.6 is 0 Å². The summed E-state index contributed by atoms with van der Waals surface area (Å²) in [4.78, 5) is 0. The summed E-state index contributed by atoms with van der Waals surface area (Å²) >= 11 is 0. The minimum atomic E-state index is -0.352. The molecule has 112 valence electrons. The Hall–Kier alpha value is -2.03. The molecule has 0 spiro atoms. The minimum Gasteiger partial charge on any atom is -0.494 e. The van der Waals surface area contributed by atoms with Crippen LogP contribution in [0.2, 0.25) is 0 Å². The van der Waals surface area contributed by atoms with Crippen molar-refractivity contribution in [2.75, 3.05) is 12.4 Å². The summed E-state index contributed by atoms with van der Waals surface area (Å²) in [7, 11) is 1.46. The summed E-state index contributed by atoms with van der Waals surface area (Å²) in [5.41, 5.74) is 3.28. The van der Waals surface area contributed by atoms with Gasteiger partial charge in [-0.15, -0.1) is 0 Å². The number of hydrogen-bond donors (Lipinski definition) is 1. The molecule has 0 saturated heterocycles. The lowest BCUT2D eigenvalue weighted by Crippen LogP contribution is -2.01. The normalized spacial score (nSPS) is 10.7. The maximum atomic E-state index is 13.6. The monoisotopic (exact) mass is 287 g/mol. The molecule has 3 heteroatoms. The van der Waals surface area contributed by atoms with Gasteiger partial charge in [0.05, 0.1) is 7.11 Å². The van der Waals surface area contributed by atoms with Gasteiger partial charge < -0.3 is 10.1 Å². The van der Waals surface area contributed by atoms with Crippen LogP contribution in [0.1, 0.15) is 25.0 Å². The molecule has 0 amide bonds. The zero-order chi connectivity index (χ0) is 15.2. The molecule has 0 bridgehead atoms. The summed E-state index contributed by atoms with van der Waals surface area (Å²) in [6, 6.07) is 13.4. The molecule has 2 rings (SSSR count). The predicted octanol–water partition coefficient (Wildman–Crippen LogP) is 4.64. The van der Waals surface area contributed by atoms with Gasteiger partial charge in [0.25, 0.3) is 0 Å². The fraction of sp³-hybridized carbons (Fsp3) is 0.333. The fourth-order valence-electron chi connectivity index (χ4n) is 2.25. The summed E-state index contributed by atoms with van der Waals surface area (Å²) in [6.45, 7) is 5.11. The van der Waals surface area contributed by atoms with Crippen LogP contribution in [-0.2, 0) is 13.0 Å². The molecule has 0 heterocycles. The van der Waals surface area contributed by atoms with Crippen LogP contribution < -0.4 is 10.1 Å². The third-order valence-corrected chi connectivity index (χ3v) is 3.32. The first-order chi connectivity index (χ1) is 10.1. The number of anilines is 1. The van der Waals surface area contributed by atoms with Crippen LogP contribution in [0, 0.1) is 11.7 Å². The molecule has 0 unspecified atom stereocenters. The standard InChI is InChI=1S/C18H22FNO/c1-13(2)10-14-4-6-15(7-5-14)12-20-16-8-9-18(21-3)17(19)11-16/h4-9,11,13,20H,10,12H2,1-3H3. The van der Waals surface area contributed by atoms with Crippen molar-refractivity contribution in [1.82, 2.24) is 0 Å². The van der Waals surface area contributed by atoms with Gasteiger partial charge in [0.2, 0.25) is 0 Å². The minimum absolute atomic E-state index is 0.263. The van der Waals surface area contributed by atoms with E-state index in [0.717, 1.165) is 12.1 Å². The fourth-order valence-corrected chi connectivity index (χ4v) is 2.25. The first-order valence-electron chi connectivity index (χ1n) is 7.23. The molecule has 0 atom stereocenters. The highest BCUT2D eigenvalue weighted by atomic mass is 19.1. The van der Waals surface area contributed by atoms with Crippen molar-refractivity contribution in [3.05, 3.63) is 59.4 Å². The van der Waals surface area contributed by atoms with Crippen LogP contribution in [0.25, 0.3) is 0 Å². The van der Waals surface area contributed by atoms with Gasteiger partial charge in [0.15, 0.2) is 11.6 Å². The molecule has 0 radical (unpaired) electrons. The Morgan fingerprint density at radius 1 is 1.05 bits per heavy atom. The highest BCUT2D eigenvalue weighted by Crippen LogP contribution is 2.21. The highest BCUT2D eigenvalue weighted by molar-refractivity contribution is 5.47. The number of nitrogens with one attached hydrogen (secondary N) is 1. The number of halogens is 1. The second kappa shape index (κ2) is 7.11. The molecule has 2 nitrogen and oxygen atoms in total. The van der Waals surface area contributed by atoms with Crippen molar-refractivity contribution in [3.8, 4) is 5.75 Å². The van der Waals surface area contributed by atoms with E-state index in [9.17, 15) is 4.39 Å². The molecule has 21 heavy (non-hydrogen) atoms. The van der Waals surface area contributed by atoms with Crippen molar-refractivity contribution in [1.29, 1.82) is 0 Å². The van der Waals surface area contributed by atoms with Crippen molar-refractivity contribution >= 4 is 5.69 Å². The molecular formula is C18H22FNO. The SMILES string of the molecule is COc1ccc(NCc2ccc(CC(C)C)cc2)cc1F. The van der Waals surface area contributed by atoms with E-state index in [0.29, 0.717) is 12.5 Å². The zero-order valence-corrected chi connectivity index (χ0v) is 12.8. The molecule has 0 aliphatic heterocycles. The first kappa shape index (κ1) is 15.4.